The molecule has 5 nitrogen and oxygen atoms in total. The number of carbonyl (C=O) groups excluding carboxylic acids is 1. The second-order valence-electron chi connectivity index (χ2n) is 7.95. The summed E-state index contributed by atoms with van der Waals surface area (Å²) in [5.74, 6) is -1.71. The maximum absolute atomic E-state index is 12.2. The zero-order valence-corrected chi connectivity index (χ0v) is 15.9. The Morgan fingerprint density at radius 1 is 1.22 bits per heavy atom. The topological polar surface area (TPSA) is 66.8 Å². The molecule has 4 unspecified atom stereocenters. The fourth-order valence-corrected chi connectivity index (χ4v) is 4.52. The molecule has 0 bridgehead atoms. The summed E-state index contributed by atoms with van der Waals surface area (Å²) in [7, 11) is 5.69. The molecule has 1 aromatic rings. The number of rotatable bonds is 5. The Labute approximate surface area is 161 Å². The SMILES string of the molecule is [B]C(=O)N1C(Cc2ccccc2)C(CC2CC=CCC2C(=O)O)OC1(C)C. The molecule has 1 fully saturated rings. The van der Waals surface area contributed by atoms with E-state index < -0.39 is 23.4 Å². The Balaban J connectivity index is 1.85. The van der Waals surface area contributed by atoms with Gasteiger partial charge in [-0.2, -0.15) is 0 Å². The first-order chi connectivity index (χ1) is 12.8. The van der Waals surface area contributed by atoms with Crippen LogP contribution in [0.3, 0.4) is 0 Å². The molecule has 27 heavy (non-hydrogen) atoms. The van der Waals surface area contributed by atoms with Crippen molar-refractivity contribution in [2.24, 2.45) is 11.8 Å². The van der Waals surface area contributed by atoms with Crippen LogP contribution in [-0.2, 0) is 16.0 Å². The van der Waals surface area contributed by atoms with Gasteiger partial charge in [0.25, 0.3) is 0 Å². The van der Waals surface area contributed by atoms with Crippen molar-refractivity contribution in [3.05, 3.63) is 48.0 Å². The van der Waals surface area contributed by atoms with Crippen LogP contribution >= 0.6 is 0 Å². The van der Waals surface area contributed by atoms with Crippen LogP contribution in [-0.4, -0.2) is 47.5 Å². The molecule has 4 atom stereocenters. The van der Waals surface area contributed by atoms with Crippen LogP contribution in [0.4, 0.5) is 4.79 Å². The van der Waals surface area contributed by atoms with E-state index >= 15 is 0 Å². The monoisotopic (exact) mass is 367 g/mol. The molecule has 2 radical (unpaired) electrons. The Hall–Kier alpha value is -2.08. The summed E-state index contributed by atoms with van der Waals surface area (Å²) in [6.07, 6.45) is 6.19. The van der Waals surface area contributed by atoms with Crippen molar-refractivity contribution in [1.82, 2.24) is 4.90 Å². The third-order valence-corrected chi connectivity index (χ3v) is 5.72. The molecule has 142 valence electrons. The Morgan fingerprint density at radius 3 is 2.52 bits per heavy atom. The van der Waals surface area contributed by atoms with Gasteiger partial charge in [0, 0.05) is 0 Å². The van der Waals surface area contributed by atoms with E-state index in [2.05, 4.69) is 0 Å². The smallest absolute Gasteiger partial charge is 0.307 e. The van der Waals surface area contributed by atoms with Crippen LogP contribution < -0.4 is 0 Å². The van der Waals surface area contributed by atoms with Crippen LogP contribution in [0.25, 0.3) is 0 Å². The number of amides is 1. The largest absolute Gasteiger partial charge is 0.481 e. The Kier molecular flexibility index (Phi) is 5.75. The van der Waals surface area contributed by atoms with Gasteiger partial charge in [0.15, 0.2) is 5.81 Å². The number of nitrogens with zero attached hydrogens (tertiary/aromatic N) is 1. The average molecular weight is 367 g/mol. The minimum absolute atomic E-state index is 0.0144. The predicted octanol–water partition coefficient (Wildman–Crippen LogP) is 3.38. The van der Waals surface area contributed by atoms with Crippen molar-refractivity contribution in [2.45, 2.75) is 57.4 Å². The number of hydrogen-bond donors (Lipinski definition) is 1. The highest BCUT2D eigenvalue weighted by molar-refractivity contribution is 6.57. The highest BCUT2D eigenvalue weighted by atomic mass is 16.5. The van der Waals surface area contributed by atoms with Crippen molar-refractivity contribution < 1.29 is 19.4 Å². The predicted molar refractivity (Wildman–Crippen MR) is 103 cm³/mol. The zero-order chi connectivity index (χ0) is 19.6. The van der Waals surface area contributed by atoms with Gasteiger partial charge in [-0.05, 0) is 51.0 Å². The molecule has 1 aromatic carbocycles. The second kappa shape index (κ2) is 7.89. The van der Waals surface area contributed by atoms with Crippen molar-refractivity contribution in [1.29, 1.82) is 0 Å². The van der Waals surface area contributed by atoms with Gasteiger partial charge in [0.05, 0.1) is 18.1 Å². The summed E-state index contributed by atoms with van der Waals surface area (Å²) >= 11 is 0. The molecule has 0 saturated carbocycles. The van der Waals surface area contributed by atoms with Crippen LogP contribution in [0, 0.1) is 11.8 Å². The molecule has 0 spiro atoms. The van der Waals surface area contributed by atoms with Gasteiger partial charge in [0.1, 0.15) is 5.72 Å². The van der Waals surface area contributed by atoms with E-state index in [0.29, 0.717) is 25.7 Å². The van der Waals surface area contributed by atoms with Crippen LogP contribution in [0.2, 0.25) is 0 Å². The van der Waals surface area contributed by atoms with E-state index in [9.17, 15) is 14.7 Å². The van der Waals surface area contributed by atoms with Crippen molar-refractivity contribution in [3.63, 3.8) is 0 Å². The summed E-state index contributed by atoms with van der Waals surface area (Å²) in [4.78, 5) is 25.5. The maximum Gasteiger partial charge on any atom is 0.307 e. The lowest BCUT2D eigenvalue weighted by Gasteiger charge is -2.34. The quantitative estimate of drug-likeness (QED) is 0.640. The van der Waals surface area contributed by atoms with Gasteiger partial charge in [-0.3, -0.25) is 9.59 Å². The molecular weight excluding hydrogens is 341 g/mol. The molecule has 1 N–H and O–H groups in total. The first kappa shape index (κ1) is 19.7. The van der Waals surface area contributed by atoms with Gasteiger partial charge < -0.3 is 14.7 Å². The summed E-state index contributed by atoms with van der Waals surface area (Å²) < 4.78 is 6.25. The number of carboxylic acids is 1. The fourth-order valence-electron chi connectivity index (χ4n) is 4.52. The van der Waals surface area contributed by atoms with E-state index in [1.54, 1.807) is 4.90 Å². The van der Waals surface area contributed by atoms with Gasteiger partial charge in [0.2, 0.25) is 7.85 Å². The minimum atomic E-state index is -0.820. The van der Waals surface area contributed by atoms with Crippen LogP contribution in [0.15, 0.2) is 42.5 Å². The van der Waals surface area contributed by atoms with E-state index in [1.807, 2.05) is 56.3 Å². The number of carboxylic acid groups (broad SMARTS) is 1. The van der Waals surface area contributed by atoms with Crippen molar-refractivity contribution in [2.75, 3.05) is 0 Å². The molecule has 0 aromatic heterocycles. The summed E-state index contributed by atoms with van der Waals surface area (Å²) in [5, 5.41) is 9.57. The van der Waals surface area contributed by atoms with E-state index in [-0.39, 0.29) is 18.1 Å². The Morgan fingerprint density at radius 2 is 1.89 bits per heavy atom. The average Bonchev–Trinajstić information content (AvgIpc) is 2.85. The number of allylic oxidation sites excluding steroid dienone is 2. The fraction of sp³-hybridized carbons (Fsp3) is 0.524. The third-order valence-electron chi connectivity index (χ3n) is 5.72. The van der Waals surface area contributed by atoms with Gasteiger partial charge in [-0.1, -0.05) is 42.5 Å². The van der Waals surface area contributed by atoms with E-state index in [0.717, 1.165) is 5.56 Å². The van der Waals surface area contributed by atoms with Crippen molar-refractivity contribution in [3.8, 4) is 0 Å². The number of benzene rings is 1. The van der Waals surface area contributed by atoms with E-state index in [4.69, 9.17) is 12.6 Å². The molecule has 1 aliphatic heterocycles. The first-order valence-corrected chi connectivity index (χ1v) is 9.48. The highest BCUT2D eigenvalue weighted by Crippen LogP contribution is 2.39. The summed E-state index contributed by atoms with van der Waals surface area (Å²) in [6.45, 7) is 3.68. The third kappa shape index (κ3) is 4.27. The first-order valence-electron chi connectivity index (χ1n) is 9.48. The number of hydrogen-bond acceptors (Lipinski definition) is 3. The minimum Gasteiger partial charge on any atom is -0.481 e. The molecule has 1 saturated heterocycles. The molecule has 2 aliphatic rings. The van der Waals surface area contributed by atoms with Gasteiger partial charge in [-0.15, -0.1) is 0 Å². The van der Waals surface area contributed by atoms with Gasteiger partial charge in [-0.25, -0.2) is 0 Å². The molecule has 1 aliphatic carbocycles. The second-order valence-corrected chi connectivity index (χ2v) is 7.95. The molecule has 6 heteroatoms. The Bertz CT molecular complexity index is 718. The molecule has 1 heterocycles. The number of carbonyl (C=O) groups is 2. The molecular formula is C21H26BNO4. The molecule has 3 rings (SSSR count). The van der Waals surface area contributed by atoms with E-state index in [1.165, 1.54) is 0 Å². The lowest BCUT2D eigenvalue weighted by Crippen LogP contribution is -2.49. The maximum atomic E-state index is 12.2. The van der Waals surface area contributed by atoms with Crippen LogP contribution in [0.1, 0.15) is 38.7 Å². The normalized spacial score (nSPS) is 29.6. The van der Waals surface area contributed by atoms with Gasteiger partial charge >= 0.3 is 5.97 Å². The standard InChI is InChI=1S/C21H26BNO4/c1-21(2)23(20(22)26)17(12-14-8-4-3-5-9-14)18(27-21)13-15-10-6-7-11-16(15)19(24)25/h3-9,15-18H,10-13H2,1-2H3,(H,24,25). The number of aliphatic carboxylic acids is 1. The zero-order valence-electron chi connectivity index (χ0n) is 15.9. The highest BCUT2D eigenvalue weighted by Gasteiger charge is 2.49. The number of ether oxygens (including phenoxy) is 1. The van der Waals surface area contributed by atoms with Crippen molar-refractivity contribution >= 4 is 19.6 Å². The van der Waals surface area contributed by atoms with Crippen LogP contribution in [0.5, 0.6) is 0 Å². The lowest BCUT2D eigenvalue weighted by atomic mass is 9.78. The summed E-state index contributed by atoms with van der Waals surface area (Å²) in [6, 6.07) is 9.70. The summed E-state index contributed by atoms with van der Waals surface area (Å²) in [5.41, 5.74) is 0.275. The molecule has 1 amide bonds. The lowest BCUT2D eigenvalue weighted by molar-refractivity contribution is -0.144.